The van der Waals surface area contributed by atoms with Crippen LogP contribution in [0.2, 0.25) is 0 Å². The van der Waals surface area contributed by atoms with Crippen molar-refractivity contribution in [3.8, 4) is 11.5 Å². The van der Waals surface area contributed by atoms with Crippen LogP contribution in [0.4, 0.5) is 13.2 Å². The highest BCUT2D eigenvalue weighted by Gasteiger charge is 2.28. The first-order chi connectivity index (χ1) is 8.44. The third-order valence-electron chi connectivity index (χ3n) is 1.91. The Kier molecular flexibility index (Phi) is 3.55. The van der Waals surface area contributed by atoms with E-state index in [2.05, 4.69) is 26.0 Å². The van der Waals surface area contributed by atoms with Crippen LogP contribution in [0.3, 0.4) is 0 Å². The van der Waals surface area contributed by atoms with Gasteiger partial charge in [0.15, 0.2) is 5.75 Å². The van der Waals surface area contributed by atoms with Crippen LogP contribution in [0, 0.1) is 0 Å². The minimum absolute atomic E-state index is 0.228. The lowest BCUT2D eigenvalue weighted by Gasteiger charge is -2.05. The van der Waals surface area contributed by atoms with Crippen LogP contribution in [0.25, 0.3) is 0 Å². The standard InChI is InChI=1S/C10H7BrF3N3O/c11-8-4-15-2-1-9(8)18-7-3-16-17(5-7)6-10(12,13)14/h1-5H,6H2. The van der Waals surface area contributed by atoms with E-state index in [1.807, 2.05) is 0 Å². The van der Waals surface area contributed by atoms with Crippen LogP contribution in [0.5, 0.6) is 11.5 Å². The van der Waals surface area contributed by atoms with Crippen molar-refractivity contribution in [2.45, 2.75) is 12.7 Å². The topological polar surface area (TPSA) is 39.9 Å². The molecular weight excluding hydrogens is 315 g/mol. The van der Waals surface area contributed by atoms with Crippen molar-refractivity contribution < 1.29 is 17.9 Å². The van der Waals surface area contributed by atoms with Crippen molar-refractivity contribution in [3.63, 3.8) is 0 Å². The molecule has 0 atom stereocenters. The molecule has 0 unspecified atom stereocenters. The maximum Gasteiger partial charge on any atom is 0.408 e. The van der Waals surface area contributed by atoms with E-state index in [-0.39, 0.29) is 5.75 Å². The molecule has 18 heavy (non-hydrogen) atoms. The lowest BCUT2D eigenvalue weighted by molar-refractivity contribution is -0.142. The molecule has 2 aromatic rings. The Hall–Kier alpha value is -1.57. The second-order valence-electron chi connectivity index (χ2n) is 3.40. The molecule has 0 amide bonds. The molecule has 0 bridgehead atoms. The number of hydrogen-bond acceptors (Lipinski definition) is 3. The number of alkyl halides is 3. The van der Waals surface area contributed by atoms with Gasteiger partial charge in [-0.2, -0.15) is 18.3 Å². The number of pyridine rings is 1. The normalized spacial score (nSPS) is 11.6. The lowest BCUT2D eigenvalue weighted by Crippen LogP contribution is -2.17. The van der Waals surface area contributed by atoms with Crippen molar-refractivity contribution in [2.24, 2.45) is 0 Å². The monoisotopic (exact) mass is 321 g/mol. The number of ether oxygens (including phenoxy) is 1. The average molecular weight is 322 g/mol. The van der Waals surface area contributed by atoms with Gasteiger partial charge in [0, 0.05) is 18.5 Å². The number of rotatable bonds is 3. The lowest BCUT2D eigenvalue weighted by atomic mass is 10.4. The summed E-state index contributed by atoms with van der Waals surface area (Å²) in [5.41, 5.74) is 0. The summed E-state index contributed by atoms with van der Waals surface area (Å²) in [4.78, 5) is 3.84. The zero-order valence-electron chi connectivity index (χ0n) is 8.86. The third-order valence-corrected chi connectivity index (χ3v) is 2.51. The van der Waals surface area contributed by atoms with E-state index in [1.54, 1.807) is 6.07 Å². The summed E-state index contributed by atoms with van der Waals surface area (Å²) in [5.74, 6) is 0.683. The summed E-state index contributed by atoms with van der Waals surface area (Å²) in [6.45, 7) is -1.14. The highest BCUT2D eigenvalue weighted by Crippen LogP contribution is 2.28. The van der Waals surface area contributed by atoms with Gasteiger partial charge >= 0.3 is 6.18 Å². The number of halogens is 4. The van der Waals surface area contributed by atoms with Crippen LogP contribution in [0.1, 0.15) is 0 Å². The Balaban J connectivity index is 2.10. The van der Waals surface area contributed by atoms with Gasteiger partial charge in [0.2, 0.25) is 0 Å². The summed E-state index contributed by atoms with van der Waals surface area (Å²) in [7, 11) is 0. The summed E-state index contributed by atoms with van der Waals surface area (Å²) in [6, 6.07) is 1.59. The van der Waals surface area contributed by atoms with Crippen molar-refractivity contribution >= 4 is 15.9 Å². The molecule has 8 heteroatoms. The number of hydrogen-bond donors (Lipinski definition) is 0. The first-order valence-electron chi connectivity index (χ1n) is 4.80. The fourth-order valence-electron chi connectivity index (χ4n) is 1.24. The van der Waals surface area contributed by atoms with Crippen molar-refractivity contribution in [2.75, 3.05) is 0 Å². The predicted octanol–water partition coefficient (Wildman–Crippen LogP) is 3.40. The molecule has 0 saturated carbocycles. The minimum atomic E-state index is -4.31. The minimum Gasteiger partial charge on any atom is -0.453 e. The van der Waals surface area contributed by atoms with Crippen LogP contribution in [0.15, 0.2) is 35.3 Å². The largest absolute Gasteiger partial charge is 0.453 e. The van der Waals surface area contributed by atoms with Crippen LogP contribution in [-0.2, 0) is 6.54 Å². The highest BCUT2D eigenvalue weighted by molar-refractivity contribution is 9.10. The van der Waals surface area contributed by atoms with E-state index in [0.29, 0.717) is 10.2 Å². The van der Waals surface area contributed by atoms with E-state index >= 15 is 0 Å². The molecule has 0 spiro atoms. The zero-order valence-corrected chi connectivity index (χ0v) is 10.4. The average Bonchev–Trinajstić information content (AvgIpc) is 2.66. The Labute approximate surface area is 109 Å². The van der Waals surface area contributed by atoms with E-state index in [4.69, 9.17) is 4.74 Å². The quantitative estimate of drug-likeness (QED) is 0.870. The van der Waals surface area contributed by atoms with Crippen molar-refractivity contribution in [1.82, 2.24) is 14.8 Å². The van der Waals surface area contributed by atoms with Gasteiger partial charge in [-0.25, -0.2) is 0 Å². The van der Waals surface area contributed by atoms with Crippen LogP contribution >= 0.6 is 15.9 Å². The molecule has 0 aliphatic carbocycles. The van der Waals surface area contributed by atoms with Gasteiger partial charge in [0.1, 0.15) is 12.3 Å². The molecule has 0 aromatic carbocycles. The smallest absolute Gasteiger partial charge is 0.408 e. The van der Waals surface area contributed by atoms with Gasteiger partial charge in [0.05, 0.1) is 16.9 Å². The maximum atomic E-state index is 12.1. The summed E-state index contributed by atoms with van der Waals surface area (Å²) >= 11 is 3.21. The fraction of sp³-hybridized carbons (Fsp3) is 0.200. The SMILES string of the molecule is FC(F)(F)Cn1cc(Oc2ccncc2Br)cn1. The third kappa shape index (κ3) is 3.46. The second-order valence-corrected chi connectivity index (χ2v) is 4.25. The molecule has 96 valence electrons. The molecule has 2 rings (SSSR count). The van der Waals surface area contributed by atoms with Gasteiger partial charge in [-0.05, 0) is 15.9 Å². The highest BCUT2D eigenvalue weighted by atomic mass is 79.9. The molecule has 4 nitrogen and oxygen atoms in total. The molecule has 2 heterocycles. The molecule has 0 N–H and O–H groups in total. The van der Waals surface area contributed by atoms with Gasteiger partial charge < -0.3 is 4.74 Å². The zero-order chi connectivity index (χ0) is 13.2. The van der Waals surface area contributed by atoms with Gasteiger partial charge in [-0.3, -0.25) is 9.67 Å². The number of aromatic nitrogens is 3. The molecule has 0 saturated heterocycles. The summed E-state index contributed by atoms with van der Waals surface area (Å²) < 4.78 is 43.1. The van der Waals surface area contributed by atoms with Crippen LogP contribution in [-0.4, -0.2) is 20.9 Å². The summed E-state index contributed by atoms with van der Waals surface area (Å²) in [6.07, 6.45) is 1.13. The molecule has 2 aromatic heterocycles. The van der Waals surface area contributed by atoms with Crippen molar-refractivity contribution in [3.05, 3.63) is 35.3 Å². The van der Waals surface area contributed by atoms with E-state index < -0.39 is 12.7 Å². The van der Waals surface area contributed by atoms with Gasteiger partial charge in [-0.1, -0.05) is 0 Å². The van der Waals surface area contributed by atoms with Crippen LogP contribution < -0.4 is 4.74 Å². The maximum absolute atomic E-state index is 12.1. The number of nitrogens with zero attached hydrogens (tertiary/aromatic N) is 3. The van der Waals surface area contributed by atoms with Crippen molar-refractivity contribution in [1.29, 1.82) is 0 Å². The first-order valence-corrected chi connectivity index (χ1v) is 5.60. The first kappa shape index (κ1) is 12.9. The van der Waals surface area contributed by atoms with Gasteiger partial charge in [0.25, 0.3) is 0 Å². The van der Waals surface area contributed by atoms with E-state index in [0.717, 1.165) is 4.68 Å². The predicted molar refractivity (Wildman–Crippen MR) is 60.3 cm³/mol. The van der Waals surface area contributed by atoms with E-state index in [9.17, 15) is 13.2 Å². The fourth-order valence-corrected chi connectivity index (χ4v) is 1.57. The Bertz CT molecular complexity index is 541. The summed E-state index contributed by atoms with van der Waals surface area (Å²) in [5, 5.41) is 3.57. The Morgan fingerprint density at radius 2 is 2.11 bits per heavy atom. The molecule has 0 radical (unpaired) electrons. The Morgan fingerprint density at radius 1 is 1.33 bits per heavy atom. The molecule has 0 aliphatic rings. The molecule has 0 fully saturated rings. The molecular formula is C10H7BrF3N3O. The Morgan fingerprint density at radius 3 is 2.78 bits per heavy atom. The second kappa shape index (κ2) is 4.97. The van der Waals surface area contributed by atoms with E-state index in [1.165, 1.54) is 24.8 Å². The van der Waals surface area contributed by atoms with Gasteiger partial charge in [-0.15, -0.1) is 0 Å². The molecule has 0 aliphatic heterocycles.